The fourth-order valence-electron chi connectivity index (χ4n) is 2.94. The summed E-state index contributed by atoms with van der Waals surface area (Å²) in [6.45, 7) is 3.94. The van der Waals surface area contributed by atoms with Gasteiger partial charge in [0.2, 0.25) is 5.91 Å². The number of aromatic nitrogens is 2. The van der Waals surface area contributed by atoms with Gasteiger partial charge in [-0.05, 0) is 37.6 Å². The second-order valence-corrected chi connectivity index (χ2v) is 6.13. The van der Waals surface area contributed by atoms with Crippen molar-refractivity contribution < 1.29 is 9.59 Å². The third-order valence-corrected chi connectivity index (χ3v) is 4.31. The first-order valence-electron chi connectivity index (χ1n) is 8.49. The van der Waals surface area contributed by atoms with Gasteiger partial charge in [-0.15, -0.1) is 0 Å². The second kappa shape index (κ2) is 7.78. The maximum Gasteiger partial charge on any atom is 0.240 e. The fraction of sp³-hybridized carbons (Fsp3) is 0.190. The van der Waals surface area contributed by atoms with E-state index in [4.69, 9.17) is 0 Å². The van der Waals surface area contributed by atoms with Gasteiger partial charge < -0.3 is 9.88 Å². The molecule has 0 spiro atoms. The first-order chi connectivity index (χ1) is 12.6. The fourth-order valence-corrected chi connectivity index (χ4v) is 2.94. The highest BCUT2D eigenvalue weighted by Crippen LogP contribution is 2.26. The van der Waals surface area contributed by atoms with Crippen LogP contribution < -0.4 is 5.32 Å². The molecule has 2 heterocycles. The third-order valence-electron chi connectivity index (χ3n) is 4.31. The van der Waals surface area contributed by atoms with Crippen LogP contribution in [0.5, 0.6) is 0 Å². The molecule has 0 aliphatic carbocycles. The molecule has 0 unspecified atom stereocenters. The number of hydrogen-bond donors (Lipinski definition) is 1. The van der Waals surface area contributed by atoms with E-state index in [2.05, 4.69) is 10.3 Å². The van der Waals surface area contributed by atoms with E-state index in [1.54, 1.807) is 13.1 Å². The van der Waals surface area contributed by atoms with Crippen LogP contribution in [0.25, 0.3) is 11.3 Å². The van der Waals surface area contributed by atoms with Crippen molar-refractivity contribution in [1.29, 1.82) is 0 Å². The molecule has 5 heteroatoms. The van der Waals surface area contributed by atoms with Gasteiger partial charge in [0, 0.05) is 23.1 Å². The summed E-state index contributed by atoms with van der Waals surface area (Å²) in [6.07, 6.45) is 1.70. The monoisotopic (exact) mass is 347 g/mol. The number of rotatable bonds is 6. The van der Waals surface area contributed by atoms with Gasteiger partial charge in [0.05, 0.1) is 12.2 Å². The second-order valence-electron chi connectivity index (χ2n) is 6.13. The van der Waals surface area contributed by atoms with E-state index in [1.165, 1.54) is 0 Å². The Labute approximate surface area is 152 Å². The molecule has 0 atom stereocenters. The molecule has 0 bridgehead atoms. The minimum atomic E-state index is -0.123. The minimum Gasteiger partial charge on any atom is -0.349 e. The van der Waals surface area contributed by atoms with Crippen LogP contribution in [0, 0.1) is 6.92 Å². The molecular formula is C21H21N3O2. The number of Topliss-reactive ketones (excluding diaryl/α,β-unsaturated/α-hetero) is 1. The van der Waals surface area contributed by atoms with Crippen molar-refractivity contribution in [3.63, 3.8) is 0 Å². The van der Waals surface area contributed by atoms with Crippen molar-refractivity contribution in [1.82, 2.24) is 14.9 Å². The summed E-state index contributed by atoms with van der Waals surface area (Å²) in [5.74, 6) is -0.131. The summed E-state index contributed by atoms with van der Waals surface area (Å²) < 4.78 is 1.89. The van der Waals surface area contributed by atoms with Crippen molar-refractivity contribution in [2.75, 3.05) is 0 Å². The highest BCUT2D eigenvalue weighted by molar-refractivity contribution is 5.97. The Hall–Kier alpha value is -3.21. The summed E-state index contributed by atoms with van der Waals surface area (Å²) >= 11 is 0. The van der Waals surface area contributed by atoms with Crippen LogP contribution >= 0.6 is 0 Å². The molecule has 5 nitrogen and oxygen atoms in total. The van der Waals surface area contributed by atoms with E-state index in [0.717, 1.165) is 22.6 Å². The van der Waals surface area contributed by atoms with E-state index in [0.29, 0.717) is 12.1 Å². The minimum absolute atomic E-state index is 0.00711. The topological polar surface area (TPSA) is 64.0 Å². The lowest BCUT2D eigenvalue weighted by Crippen LogP contribution is -2.28. The maximum absolute atomic E-state index is 12.5. The summed E-state index contributed by atoms with van der Waals surface area (Å²) in [5.41, 5.74) is 4.07. The van der Waals surface area contributed by atoms with Crippen LogP contribution in [0.1, 0.15) is 28.7 Å². The Bertz CT molecular complexity index is 915. The molecule has 2 aromatic heterocycles. The van der Waals surface area contributed by atoms with E-state index in [9.17, 15) is 9.59 Å². The molecule has 132 valence electrons. The van der Waals surface area contributed by atoms with E-state index < -0.39 is 0 Å². The van der Waals surface area contributed by atoms with E-state index in [-0.39, 0.29) is 18.2 Å². The Morgan fingerprint density at radius 1 is 1.08 bits per heavy atom. The zero-order valence-electron chi connectivity index (χ0n) is 14.9. The van der Waals surface area contributed by atoms with Crippen molar-refractivity contribution in [2.45, 2.75) is 26.9 Å². The predicted molar refractivity (Wildman–Crippen MR) is 101 cm³/mol. The standard InChI is InChI=1S/C21H21N3O2/c1-15-19(16(2)25)12-20(17-8-4-3-5-9-17)24(15)14-21(26)23-13-18-10-6-7-11-22-18/h3-12H,13-14H2,1-2H3,(H,23,26). The number of carbonyl (C=O) groups excluding carboxylic acids is 2. The number of amides is 1. The number of nitrogens with one attached hydrogen (secondary N) is 1. The molecule has 1 aromatic carbocycles. The smallest absolute Gasteiger partial charge is 0.240 e. The maximum atomic E-state index is 12.5. The van der Waals surface area contributed by atoms with Gasteiger partial charge in [0.15, 0.2) is 5.78 Å². The van der Waals surface area contributed by atoms with Gasteiger partial charge in [-0.1, -0.05) is 36.4 Å². The zero-order valence-corrected chi connectivity index (χ0v) is 14.9. The molecule has 0 saturated heterocycles. The number of ketones is 1. The molecular weight excluding hydrogens is 326 g/mol. The SMILES string of the molecule is CC(=O)c1cc(-c2ccccc2)n(CC(=O)NCc2ccccn2)c1C. The first-order valence-corrected chi connectivity index (χ1v) is 8.49. The normalized spacial score (nSPS) is 10.5. The Balaban J connectivity index is 1.84. The van der Waals surface area contributed by atoms with Crippen molar-refractivity contribution in [2.24, 2.45) is 0 Å². The molecule has 1 N–H and O–H groups in total. The molecule has 0 fully saturated rings. The Kier molecular flexibility index (Phi) is 5.27. The molecule has 3 rings (SSSR count). The van der Waals surface area contributed by atoms with Crippen LogP contribution in [0.4, 0.5) is 0 Å². The highest BCUT2D eigenvalue weighted by atomic mass is 16.2. The van der Waals surface area contributed by atoms with Gasteiger partial charge in [0.25, 0.3) is 0 Å². The summed E-state index contributed by atoms with van der Waals surface area (Å²) in [7, 11) is 0. The molecule has 0 saturated carbocycles. The van der Waals surface area contributed by atoms with Crippen LogP contribution in [0.15, 0.2) is 60.8 Å². The molecule has 3 aromatic rings. The molecule has 26 heavy (non-hydrogen) atoms. The average Bonchev–Trinajstić information content (AvgIpc) is 2.98. The summed E-state index contributed by atoms with van der Waals surface area (Å²) in [6, 6.07) is 17.2. The summed E-state index contributed by atoms with van der Waals surface area (Å²) in [5, 5.41) is 2.88. The van der Waals surface area contributed by atoms with E-state index >= 15 is 0 Å². The predicted octanol–water partition coefficient (Wildman–Crippen LogP) is 3.38. The van der Waals surface area contributed by atoms with Crippen molar-refractivity contribution in [3.8, 4) is 11.3 Å². The highest BCUT2D eigenvalue weighted by Gasteiger charge is 2.17. The lowest BCUT2D eigenvalue weighted by atomic mass is 10.1. The summed E-state index contributed by atoms with van der Waals surface area (Å²) in [4.78, 5) is 28.6. The van der Waals surface area contributed by atoms with Crippen LogP contribution in [0.3, 0.4) is 0 Å². The first kappa shape index (κ1) is 17.6. The number of pyridine rings is 1. The Morgan fingerprint density at radius 2 is 1.81 bits per heavy atom. The van der Waals surface area contributed by atoms with Gasteiger partial charge in [0.1, 0.15) is 6.54 Å². The third kappa shape index (κ3) is 3.88. The van der Waals surface area contributed by atoms with Gasteiger partial charge in [-0.3, -0.25) is 14.6 Å². The van der Waals surface area contributed by atoms with Crippen LogP contribution in [0.2, 0.25) is 0 Å². The number of carbonyl (C=O) groups is 2. The lowest BCUT2D eigenvalue weighted by molar-refractivity contribution is -0.121. The quantitative estimate of drug-likeness (QED) is 0.695. The zero-order chi connectivity index (χ0) is 18.5. The average molecular weight is 347 g/mol. The molecule has 0 aliphatic heterocycles. The van der Waals surface area contributed by atoms with Crippen LogP contribution in [-0.2, 0) is 17.9 Å². The number of hydrogen-bond acceptors (Lipinski definition) is 3. The Morgan fingerprint density at radius 3 is 2.46 bits per heavy atom. The van der Waals surface area contributed by atoms with Crippen molar-refractivity contribution >= 4 is 11.7 Å². The number of nitrogens with zero attached hydrogens (tertiary/aromatic N) is 2. The van der Waals surface area contributed by atoms with E-state index in [1.807, 2.05) is 66.1 Å². The number of benzene rings is 1. The van der Waals surface area contributed by atoms with Crippen molar-refractivity contribution in [3.05, 3.63) is 77.7 Å². The van der Waals surface area contributed by atoms with Gasteiger partial charge in [-0.2, -0.15) is 0 Å². The van der Waals surface area contributed by atoms with Gasteiger partial charge >= 0.3 is 0 Å². The lowest BCUT2D eigenvalue weighted by Gasteiger charge is -2.12. The molecule has 0 aliphatic rings. The molecule has 0 radical (unpaired) electrons. The van der Waals surface area contributed by atoms with Gasteiger partial charge in [-0.25, -0.2) is 0 Å². The largest absolute Gasteiger partial charge is 0.349 e. The van der Waals surface area contributed by atoms with Crippen LogP contribution in [-0.4, -0.2) is 21.2 Å². The molecule has 1 amide bonds.